The Kier molecular flexibility index (Phi) is 4.42. The molecule has 0 atom stereocenters. The van der Waals surface area contributed by atoms with Gasteiger partial charge in [0.1, 0.15) is 9.34 Å². The second-order valence-corrected chi connectivity index (χ2v) is 6.31. The number of hydrogen-bond acceptors (Lipinski definition) is 6. The van der Waals surface area contributed by atoms with E-state index in [1.807, 2.05) is 0 Å². The molecule has 0 aliphatic rings. The lowest BCUT2D eigenvalue weighted by Gasteiger charge is -1.99. The van der Waals surface area contributed by atoms with Gasteiger partial charge >= 0.3 is 0 Å². The number of nitrogens with one attached hydrogen (secondary N) is 1. The van der Waals surface area contributed by atoms with E-state index in [-0.39, 0.29) is 5.02 Å². The molecule has 0 bridgehead atoms. The molecule has 0 saturated heterocycles. The zero-order valence-electron chi connectivity index (χ0n) is 9.64. The normalized spacial score (nSPS) is 10.4. The zero-order chi connectivity index (χ0) is 14.0. The predicted molar refractivity (Wildman–Crippen MR) is 84.4 cm³/mol. The second-order valence-electron chi connectivity index (χ2n) is 3.32. The van der Waals surface area contributed by atoms with E-state index in [4.69, 9.17) is 30.2 Å². The molecule has 1 N–H and O–H groups in total. The number of terminal acetylenes is 1. The molecule has 0 amide bonds. The highest BCUT2D eigenvalue weighted by molar-refractivity contribution is 8.23. The Morgan fingerprint density at radius 2 is 2.47 bits per heavy atom. The van der Waals surface area contributed by atoms with E-state index in [0.717, 1.165) is 4.52 Å². The number of aromatic nitrogens is 3. The van der Waals surface area contributed by atoms with E-state index in [0.29, 0.717) is 25.9 Å². The average molecular weight is 331 g/mol. The van der Waals surface area contributed by atoms with Gasteiger partial charge in [-0.1, -0.05) is 52.8 Å². The third kappa shape index (κ3) is 3.06. The monoisotopic (exact) mass is 330 g/mol. The Bertz CT molecular complexity index is 746. The van der Waals surface area contributed by atoms with E-state index in [2.05, 4.69) is 21.3 Å². The molecule has 98 valence electrons. The molecule has 2 rings (SSSR count). The molecule has 0 fully saturated rings. The van der Waals surface area contributed by atoms with Gasteiger partial charge in [-0.2, -0.15) is 4.52 Å². The number of anilines is 1. The summed E-state index contributed by atoms with van der Waals surface area (Å²) in [7, 11) is 0. The Morgan fingerprint density at radius 1 is 1.74 bits per heavy atom. The summed E-state index contributed by atoms with van der Waals surface area (Å²) in [6.45, 7) is 1.67. The Morgan fingerprint density at radius 3 is 3.16 bits per heavy atom. The Labute approximate surface area is 127 Å². The molecule has 0 saturated carbocycles. The summed E-state index contributed by atoms with van der Waals surface area (Å²) >= 11 is 13.4. The van der Waals surface area contributed by atoms with E-state index >= 15 is 0 Å². The van der Waals surface area contributed by atoms with Gasteiger partial charge in [0.15, 0.2) is 0 Å². The molecular formula is C10H7ClN4OS3. The first-order valence-corrected chi connectivity index (χ1v) is 7.55. The smallest absolute Gasteiger partial charge is 0.294 e. The highest BCUT2D eigenvalue weighted by atomic mass is 35.5. The molecule has 0 radical (unpaired) electrons. The van der Waals surface area contributed by atoms with Crippen molar-refractivity contribution in [3.63, 3.8) is 0 Å². The van der Waals surface area contributed by atoms with E-state index < -0.39 is 5.56 Å². The van der Waals surface area contributed by atoms with Gasteiger partial charge in [0, 0.05) is 0 Å². The molecule has 0 unspecified atom stereocenters. The summed E-state index contributed by atoms with van der Waals surface area (Å²) in [4.78, 5) is 16.5. The highest BCUT2D eigenvalue weighted by Gasteiger charge is 2.12. The molecular weight excluding hydrogens is 324 g/mol. The van der Waals surface area contributed by atoms with Gasteiger partial charge in [-0.25, -0.2) is 4.98 Å². The molecule has 0 aromatic carbocycles. The van der Waals surface area contributed by atoms with Crippen LogP contribution in [0.5, 0.6) is 0 Å². The number of hydrogen-bond donors (Lipinski definition) is 1. The SMILES string of the molecule is C#CCSC(=S)Nc1nn2c(=O)c(Cl)c(C)nc2s1. The van der Waals surface area contributed by atoms with Crippen molar-refractivity contribution in [1.82, 2.24) is 14.6 Å². The van der Waals surface area contributed by atoms with Gasteiger partial charge in [-0.15, -0.1) is 11.5 Å². The minimum atomic E-state index is -0.393. The first-order valence-electron chi connectivity index (χ1n) is 4.96. The van der Waals surface area contributed by atoms with Crippen LogP contribution in [-0.4, -0.2) is 24.7 Å². The summed E-state index contributed by atoms with van der Waals surface area (Å²) in [5.74, 6) is 2.94. The lowest BCUT2D eigenvalue weighted by molar-refractivity contribution is 0.895. The summed E-state index contributed by atoms with van der Waals surface area (Å²) in [5.41, 5.74) is 0.0850. The maximum atomic E-state index is 11.9. The number of rotatable bonds is 2. The van der Waals surface area contributed by atoms with E-state index in [9.17, 15) is 4.79 Å². The fourth-order valence-corrected chi connectivity index (χ4v) is 2.96. The van der Waals surface area contributed by atoms with Crippen LogP contribution in [0.15, 0.2) is 4.79 Å². The number of fused-ring (bicyclic) bond motifs is 1. The first kappa shape index (κ1) is 14.3. The van der Waals surface area contributed by atoms with Crippen LogP contribution in [0.2, 0.25) is 5.02 Å². The van der Waals surface area contributed by atoms with Crippen molar-refractivity contribution in [2.24, 2.45) is 0 Å². The van der Waals surface area contributed by atoms with Crippen LogP contribution in [0.1, 0.15) is 5.69 Å². The van der Waals surface area contributed by atoms with Crippen molar-refractivity contribution >= 4 is 61.3 Å². The van der Waals surface area contributed by atoms with Gasteiger partial charge in [0.05, 0.1) is 11.4 Å². The minimum absolute atomic E-state index is 0.0682. The topological polar surface area (TPSA) is 59.3 Å². The Hall–Kier alpha value is -1.14. The summed E-state index contributed by atoms with van der Waals surface area (Å²) in [6.07, 6.45) is 5.14. The summed E-state index contributed by atoms with van der Waals surface area (Å²) in [6, 6.07) is 0. The summed E-state index contributed by atoms with van der Waals surface area (Å²) < 4.78 is 1.64. The van der Waals surface area contributed by atoms with Crippen LogP contribution in [0.3, 0.4) is 0 Å². The van der Waals surface area contributed by atoms with Crippen molar-refractivity contribution in [2.45, 2.75) is 6.92 Å². The average Bonchev–Trinajstić information content (AvgIpc) is 2.76. The standard InChI is InChI=1S/C10H7ClN4OS3/c1-3-4-18-10(17)13-8-14-15-7(16)6(11)5(2)12-9(15)19-8/h1H,4H2,2H3,(H,13,14,17). The molecule has 0 aliphatic heterocycles. The number of thioether (sulfide) groups is 1. The van der Waals surface area contributed by atoms with Crippen molar-refractivity contribution in [2.75, 3.05) is 11.1 Å². The number of aryl methyl sites for hydroxylation is 1. The highest BCUT2D eigenvalue weighted by Crippen LogP contribution is 2.20. The van der Waals surface area contributed by atoms with Crippen LogP contribution in [-0.2, 0) is 0 Å². The molecule has 2 aromatic heterocycles. The predicted octanol–water partition coefficient (Wildman–Crippen LogP) is 2.18. The van der Waals surface area contributed by atoms with Gasteiger partial charge in [0.2, 0.25) is 10.1 Å². The number of halogens is 1. The number of nitrogens with zero attached hydrogens (tertiary/aromatic N) is 3. The maximum absolute atomic E-state index is 11.9. The lowest BCUT2D eigenvalue weighted by atomic mass is 10.4. The van der Waals surface area contributed by atoms with Crippen LogP contribution in [0.4, 0.5) is 5.13 Å². The Balaban J connectivity index is 2.33. The first-order chi connectivity index (χ1) is 9.02. The van der Waals surface area contributed by atoms with Crippen molar-refractivity contribution < 1.29 is 0 Å². The van der Waals surface area contributed by atoms with Gasteiger partial charge in [-0.05, 0) is 6.92 Å². The number of thiocarbonyl (C=S) groups is 1. The minimum Gasteiger partial charge on any atom is -0.316 e. The maximum Gasteiger partial charge on any atom is 0.294 e. The second kappa shape index (κ2) is 5.88. The fraction of sp³-hybridized carbons (Fsp3) is 0.200. The zero-order valence-corrected chi connectivity index (χ0v) is 12.8. The molecule has 5 nitrogen and oxygen atoms in total. The van der Waals surface area contributed by atoms with E-state index in [1.165, 1.54) is 23.1 Å². The van der Waals surface area contributed by atoms with Crippen molar-refractivity contribution in [1.29, 1.82) is 0 Å². The van der Waals surface area contributed by atoms with Crippen LogP contribution in [0.25, 0.3) is 4.96 Å². The molecule has 2 aromatic rings. The van der Waals surface area contributed by atoms with Crippen LogP contribution < -0.4 is 10.9 Å². The molecule has 19 heavy (non-hydrogen) atoms. The van der Waals surface area contributed by atoms with Crippen LogP contribution in [0, 0.1) is 19.3 Å². The third-order valence-corrected chi connectivity index (χ3v) is 4.41. The quantitative estimate of drug-likeness (QED) is 0.672. The van der Waals surface area contributed by atoms with E-state index in [1.54, 1.807) is 6.92 Å². The third-order valence-electron chi connectivity index (χ3n) is 2.02. The van der Waals surface area contributed by atoms with Crippen molar-refractivity contribution in [3.05, 3.63) is 21.1 Å². The van der Waals surface area contributed by atoms with Gasteiger partial charge in [-0.3, -0.25) is 4.79 Å². The molecule has 0 aliphatic carbocycles. The summed E-state index contributed by atoms with van der Waals surface area (Å²) in [5, 5.41) is 7.51. The lowest BCUT2D eigenvalue weighted by Crippen LogP contribution is -2.17. The fourth-order valence-electron chi connectivity index (χ4n) is 1.21. The molecule has 9 heteroatoms. The molecule has 2 heterocycles. The van der Waals surface area contributed by atoms with Crippen molar-refractivity contribution in [3.8, 4) is 12.3 Å². The molecule has 0 spiro atoms. The largest absolute Gasteiger partial charge is 0.316 e. The van der Waals surface area contributed by atoms with Gasteiger partial charge in [0.25, 0.3) is 5.56 Å². The van der Waals surface area contributed by atoms with Crippen LogP contribution >= 0.6 is 46.9 Å². The van der Waals surface area contributed by atoms with Gasteiger partial charge < -0.3 is 5.32 Å².